The van der Waals surface area contributed by atoms with E-state index in [1.807, 2.05) is 0 Å². The normalized spacial score (nSPS) is 29.7. The molecule has 3 nitrogen and oxygen atoms in total. The third kappa shape index (κ3) is 5.05. The number of hydrogen-bond acceptors (Lipinski definition) is 3. The van der Waals surface area contributed by atoms with Crippen molar-refractivity contribution in [1.82, 2.24) is 4.90 Å². The van der Waals surface area contributed by atoms with E-state index in [1.165, 1.54) is 38.9 Å². The molecule has 2 rings (SSSR count). The fraction of sp³-hybridized carbons (Fsp3) is 1.00. The third-order valence-corrected chi connectivity index (χ3v) is 4.40. The van der Waals surface area contributed by atoms with Crippen molar-refractivity contribution in [2.45, 2.75) is 71.2 Å². The Labute approximate surface area is 118 Å². The van der Waals surface area contributed by atoms with Crippen LogP contribution in [-0.4, -0.2) is 49.5 Å². The topological polar surface area (TPSA) is 21.7 Å². The molecule has 0 spiro atoms. The van der Waals surface area contributed by atoms with Crippen molar-refractivity contribution in [3.05, 3.63) is 0 Å². The van der Waals surface area contributed by atoms with E-state index in [0.29, 0.717) is 18.3 Å². The number of ether oxygens (including phenoxy) is 2. The number of likely N-dealkylation sites (tertiary alicyclic amines) is 1. The summed E-state index contributed by atoms with van der Waals surface area (Å²) in [5, 5.41) is 0. The molecule has 1 saturated heterocycles. The van der Waals surface area contributed by atoms with Crippen molar-refractivity contribution in [2.24, 2.45) is 5.92 Å². The van der Waals surface area contributed by atoms with Gasteiger partial charge in [0.15, 0.2) is 0 Å². The van der Waals surface area contributed by atoms with Crippen LogP contribution in [0.25, 0.3) is 0 Å². The first-order valence-corrected chi connectivity index (χ1v) is 8.16. The van der Waals surface area contributed by atoms with Gasteiger partial charge in [0.05, 0.1) is 18.3 Å². The van der Waals surface area contributed by atoms with Crippen molar-refractivity contribution >= 4 is 0 Å². The maximum absolute atomic E-state index is 6.17. The fourth-order valence-electron chi connectivity index (χ4n) is 2.98. The summed E-state index contributed by atoms with van der Waals surface area (Å²) in [7, 11) is 0. The Hall–Kier alpha value is -0.120. The average molecular weight is 269 g/mol. The van der Waals surface area contributed by atoms with E-state index < -0.39 is 0 Å². The van der Waals surface area contributed by atoms with E-state index in [1.54, 1.807) is 0 Å². The van der Waals surface area contributed by atoms with Gasteiger partial charge in [-0.25, -0.2) is 0 Å². The highest BCUT2D eigenvalue weighted by Crippen LogP contribution is 2.29. The molecule has 0 aromatic carbocycles. The van der Waals surface area contributed by atoms with Gasteiger partial charge in [0.2, 0.25) is 0 Å². The van der Waals surface area contributed by atoms with Gasteiger partial charge >= 0.3 is 0 Å². The first kappa shape index (κ1) is 15.3. The van der Waals surface area contributed by atoms with E-state index >= 15 is 0 Å². The van der Waals surface area contributed by atoms with Gasteiger partial charge in [0, 0.05) is 19.7 Å². The molecule has 2 aliphatic rings. The van der Waals surface area contributed by atoms with E-state index in [4.69, 9.17) is 9.47 Å². The lowest BCUT2D eigenvalue weighted by atomic mass is 9.91. The molecule has 0 bridgehead atoms. The zero-order valence-electron chi connectivity index (χ0n) is 12.9. The van der Waals surface area contributed by atoms with Crippen LogP contribution in [0.5, 0.6) is 0 Å². The van der Waals surface area contributed by atoms with E-state index in [0.717, 1.165) is 25.4 Å². The zero-order valence-corrected chi connectivity index (χ0v) is 12.9. The SMILES string of the molecule is CCOC1CC(OC2CCN(CCC(C)C)CC2)C1. The predicted molar refractivity (Wildman–Crippen MR) is 78.4 cm³/mol. The van der Waals surface area contributed by atoms with E-state index in [9.17, 15) is 0 Å². The number of nitrogens with zero attached hydrogens (tertiary/aromatic N) is 1. The van der Waals surface area contributed by atoms with Gasteiger partial charge in [-0.05, 0) is 51.5 Å². The van der Waals surface area contributed by atoms with Gasteiger partial charge in [0.1, 0.15) is 0 Å². The van der Waals surface area contributed by atoms with Gasteiger partial charge in [-0.3, -0.25) is 0 Å². The maximum Gasteiger partial charge on any atom is 0.0628 e. The number of hydrogen-bond donors (Lipinski definition) is 0. The molecule has 1 aliphatic carbocycles. The number of piperidine rings is 1. The second-order valence-corrected chi connectivity index (χ2v) is 6.53. The highest BCUT2D eigenvalue weighted by molar-refractivity contribution is 4.83. The van der Waals surface area contributed by atoms with Crippen molar-refractivity contribution in [3.8, 4) is 0 Å². The zero-order chi connectivity index (χ0) is 13.7. The molecule has 0 atom stereocenters. The first-order chi connectivity index (χ1) is 9.17. The van der Waals surface area contributed by atoms with Crippen molar-refractivity contribution < 1.29 is 9.47 Å². The van der Waals surface area contributed by atoms with Crippen molar-refractivity contribution in [2.75, 3.05) is 26.2 Å². The van der Waals surface area contributed by atoms with E-state index in [2.05, 4.69) is 25.7 Å². The molecule has 19 heavy (non-hydrogen) atoms. The summed E-state index contributed by atoms with van der Waals surface area (Å²) < 4.78 is 11.8. The summed E-state index contributed by atoms with van der Waals surface area (Å²) in [6, 6.07) is 0. The summed E-state index contributed by atoms with van der Waals surface area (Å²) in [6.07, 6.45) is 7.43. The molecule has 3 heteroatoms. The second-order valence-electron chi connectivity index (χ2n) is 6.53. The summed E-state index contributed by atoms with van der Waals surface area (Å²) in [5.41, 5.74) is 0. The highest BCUT2D eigenvalue weighted by Gasteiger charge is 2.33. The van der Waals surface area contributed by atoms with Gasteiger partial charge in [-0.1, -0.05) is 13.8 Å². The van der Waals surface area contributed by atoms with Crippen LogP contribution in [0.1, 0.15) is 52.9 Å². The van der Waals surface area contributed by atoms with Crippen LogP contribution in [0, 0.1) is 5.92 Å². The largest absolute Gasteiger partial charge is 0.378 e. The van der Waals surface area contributed by atoms with Gasteiger partial charge in [-0.2, -0.15) is 0 Å². The van der Waals surface area contributed by atoms with Crippen LogP contribution in [0.4, 0.5) is 0 Å². The standard InChI is InChI=1S/C16H31NO2/c1-4-18-15-11-16(12-15)19-14-6-9-17(10-7-14)8-5-13(2)3/h13-16H,4-12H2,1-3H3. The van der Waals surface area contributed by atoms with Crippen LogP contribution in [0.2, 0.25) is 0 Å². The van der Waals surface area contributed by atoms with Crippen molar-refractivity contribution in [1.29, 1.82) is 0 Å². The summed E-state index contributed by atoms with van der Waals surface area (Å²) in [6.45, 7) is 11.2. The van der Waals surface area contributed by atoms with Gasteiger partial charge in [0.25, 0.3) is 0 Å². The second kappa shape index (κ2) is 7.61. The highest BCUT2D eigenvalue weighted by atomic mass is 16.5. The lowest BCUT2D eigenvalue weighted by Gasteiger charge is -2.39. The Morgan fingerprint density at radius 2 is 1.74 bits per heavy atom. The van der Waals surface area contributed by atoms with Gasteiger partial charge in [-0.15, -0.1) is 0 Å². The first-order valence-electron chi connectivity index (χ1n) is 8.16. The predicted octanol–water partition coefficient (Wildman–Crippen LogP) is 3.08. The number of rotatable bonds is 7. The summed E-state index contributed by atoms with van der Waals surface area (Å²) >= 11 is 0. The fourth-order valence-corrected chi connectivity index (χ4v) is 2.98. The van der Waals surface area contributed by atoms with Crippen LogP contribution >= 0.6 is 0 Å². The monoisotopic (exact) mass is 269 g/mol. The molecule has 0 unspecified atom stereocenters. The average Bonchev–Trinajstić information content (AvgIpc) is 2.35. The van der Waals surface area contributed by atoms with E-state index in [-0.39, 0.29) is 0 Å². The Balaban J connectivity index is 1.54. The Morgan fingerprint density at radius 3 is 2.32 bits per heavy atom. The lowest BCUT2D eigenvalue weighted by molar-refractivity contribution is -0.133. The van der Waals surface area contributed by atoms with Crippen LogP contribution < -0.4 is 0 Å². The molecule has 0 aromatic heterocycles. The lowest BCUT2D eigenvalue weighted by Crippen LogP contribution is -2.43. The van der Waals surface area contributed by atoms with Crippen LogP contribution in [0.15, 0.2) is 0 Å². The molecule has 1 saturated carbocycles. The minimum atomic E-state index is 0.473. The Bertz CT molecular complexity index is 243. The smallest absolute Gasteiger partial charge is 0.0628 e. The molecule has 0 amide bonds. The minimum absolute atomic E-state index is 0.473. The quantitative estimate of drug-likeness (QED) is 0.709. The Morgan fingerprint density at radius 1 is 1.05 bits per heavy atom. The molecule has 0 aromatic rings. The molecule has 1 aliphatic heterocycles. The molecule has 0 radical (unpaired) electrons. The molecule has 112 valence electrons. The molecular formula is C16H31NO2. The summed E-state index contributed by atoms with van der Waals surface area (Å²) in [5.74, 6) is 0.819. The molecule has 0 N–H and O–H groups in total. The Kier molecular flexibility index (Phi) is 6.11. The summed E-state index contributed by atoms with van der Waals surface area (Å²) in [4.78, 5) is 2.60. The van der Waals surface area contributed by atoms with Gasteiger partial charge < -0.3 is 14.4 Å². The molecule has 1 heterocycles. The van der Waals surface area contributed by atoms with Crippen LogP contribution in [-0.2, 0) is 9.47 Å². The van der Waals surface area contributed by atoms with Crippen molar-refractivity contribution in [3.63, 3.8) is 0 Å². The minimum Gasteiger partial charge on any atom is -0.378 e. The third-order valence-electron chi connectivity index (χ3n) is 4.40. The molecular weight excluding hydrogens is 238 g/mol. The maximum atomic E-state index is 6.17. The van der Waals surface area contributed by atoms with Crippen LogP contribution in [0.3, 0.4) is 0 Å². The molecule has 2 fully saturated rings.